The Kier molecular flexibility index (Phi) is 4.16. The second kappa shape index (κ2) is 6.97. The van der Waals surface area contributed by atoms with E-state index in [1.807, 2.05) is 48.5 Å². The molecule has 146 valence electrons. The summed E-state index contributed by atoms with van der Waals surface area (Å²) in [6.07, 6.45) is -0.589. The molecule has 3 heterocycles. The second-order valence-electron chi connectivity index (χ2n) is 6.80. The number of para-hydroxylation sites is 1. The van der Waals surface area contributed by atoms with Crippen LogP contribution < -0.4 is 25.7 Å². The van der Waals surface area contributed by atoms with Crippen LogP contribution in [0.3, 0.4) is 0 Å². The predicted molar refractivity (Wildman–Crippen MR) is 110 cm³/mol. The number of fused-ring (bicyclic) bond motifs is 2. The first kappa shape index (κ1) is 17.3. The summed E-state index contributed by atoms with van der Waals surface area (Å²) < 4.78 is 12.9. The zero-order valence-corrected chi connectivity index (χ0v) is 15.8. The van der Waals surface area contributed by atoms with Crippen molar-refractivity contribution >= 4 is 17.6 Å². The van der Waals surface area contributed by atoms with E-state index in [0.717, 1.165) is 11.3 Å². The number of aliphatic imine (C=N–C) groups is 1. The number of aryl methyl sites for hydroxylation is 1. The quantitative estimate of drug-likeness (QED) is 0.701. The number of nitrogens with one attached hydrogen (secondary N) is 2. The van der Waals surface area contributed by atoms with Gasteiger partial charge in [0.25, 0.3) is 5.56 Å². The molecule has 3 aromatic rings. The molecule has 1 atom stereocenters. The SMILES string of the molecule is Cc1cc(=O)n2c(n1)NC(Nc1ccccc1)=NC2c1ccc2c(c1)OCCO2. The van der Waals surface area contributed by atoms with E-state index in [9.17, 15) is 4.79 Å². The summed E-state index contributed by atoms with van der Waals surface area (Å²) in [5.74, 6) is 2.28. The van der Waals surface area contributed by atoms with E-state index >= 15 is 0 Å². The molecule has 29 heavy (non-hydrogen) atoms. The van der Waals surface area contributed by atoms with E-state index in [0.29, 0.717) is 42.3 Å². The van der Waals surface area contributed by atoms with E-state index in [4.69, 9.17) is 14.5 Å². The lowest BCUT2D eigenvalue weighted by molar-refractivity contribution is 0.171. The van der Waals surface area contributed by atoms with Crippen LogP contribution in [0.25, 0.3) is 0 Å². The Bertz CT molecular complexity index is 1160. The fraction of sp³-hybridized carbons (Fsp3) is 0.190. The normalized spacial score (nSPS) is 17.0. The molecule has 0 saturated carbocycles. The first-order chi connectivity index (χ1) is 14.2. The van der Waals surface area contributed by atoms with Crippen LogP contribution in [0.2, 0.25) is 0 Å². The van der Waals surface area contributed by atoms with Gasteiger partial charge in [0, 0.05) is 23.0 Å². The van der Waals surface area contributed by atoms with E-state index in [1.165, 1.54) is 10.6 Å². The number of hydrogen-bond acceptors (Lipinski definition) is 7. The molecule has 8 heteroatoms. The molecule has 2 aromatic carbocycles. The highest BCUT2D eigenvalue weighted by atomic mass is 16.6. The van der Waals surface area contributed by atoms with Gasteiger partial charge in [-0.05, 0) is 31.2 Å². The number of ether oxygens (including phenoxy) is 2. The minimum atomic E-state index is -0.589. The molecular formula is C21H19N5O3. The molecule has 2 N–H and O–H groups in total. The van der Waals surface area contributed by atoms with Crippen molar-refractivity contribution in [1.29, 1.82) is 0 Å². The smallest absolute Gasteiger partial charge is 0.257 e. The maximum Gasteiger partial charge on any atom is 0.257 e. The minimum Gasteiger partial charge on any atom is -0.486 e. The van der Waals surface area contributed by atoms with E-state index in [1.54, 1.807) is 6.92 Å². The van der Waals surface area contributed by atoms with Gasteiger partial charge < -0.3 is 14.8 Å². The molecule has 0 fully saturated rings. The van der Waals surface area contributed by atoms with Gasteiger partial charge in [-0.3, -0.25) is 14.7 Å². The molecule has 0 bridgehead atoms. The number of rotatable bonds is 2. The molecule has 0 saturated heterocycles. The van der Waals surface area contributed by atoms with Gasteiger partial charge >= 0.3 is 0 Å². The molecule has 2 aliphatic rings. The van der Waals surface area contributed by atoms with Crippen LogP contribution in [0.15, 0.2) is 64.4 Å². The van der Waals surface area contributed by atoms with Crippen molar-refractivity contribution in [1.82, 2.24) is 9.55 Å². The first-order valence-electron chi connectivity index (χ1n) is 9.34. The van der Waals surface area contributed by atoms with Gasteiger partial charge in [0.05, 0.1) is 0 Å². The van der Waals surface area contributed by atoms with Crippen LogP contribution in [0.1, 0.15) is 17.4 Å². The van der Waals surface area contributed by atoms with Crippen LogP contribution in [0.5, 0.6) is 11.5 Å². The van der Waals surface area contributed by atoms with Gasteiger partial charge in [0.15, 0.2) is 17.7 Å². The highest BCUT2D eigenvalue weighted by molar-refractivity contribution is 6.03. The third-order valence-corrected chi connectivity index (χ3v) is 4.71. The predicted octanol–water partition coefficient (Wildman–Crippen LogP) is 2.76. The topological polar surface area (TPSA) is 89.8 Å². The van der Waals surface area contributed by atoms with Crippen LogP contribution in [-0.2, 0) is 0 Å². The lowest BCUT2D eigenvalue weighted by Crippen LogP contribution is -2.37. The maximum absolute atomic E-state index is 12.8. The van der Waals surface area contributed by atoms with Crippen molar-refractivity contribution < 1.29 is 9.47 Å². The van der Waals surface area contributed by atoms with Gasteiger partial charge in [-0.25, -0.2) is 9.98 Å². The van der Waals surface area contributed by atoms with Gasteiger partial charge in [0.2, 0.25) is 11.9 Å². The van der Waals surface area contributed by atoms with Crippen molar-refractivity contribution in [2.75, 3.05) is 23.8 Å². The number of nitrogens with zero attached hydrogens (tertiary/aromatic N) is 3. The van der Waals surface area contributed by atoms with Crippen LogP contribution in [0, 0.1) is 6.92 Å². The monoisotopic (exact) mass is 389 g/mol. The number of benzene rings is 2. The zero-order valence-electron chi connectivity index (χ0n) is 15.8. The molecule has 0 radical (unpaired) electrons. The van der Waals surface area contributed by atoms with Gasteiger partial charge in [-0.15, -0.1) is 0 Å². The van der Waals surface area contributed by atoms with E-state index in [-0.39, 0.29) is 5.56 Å². The Morgan fingerprint density at radius 2 is 1.86 bits per heavy atom. The number of aromatic nitrogens is 2. The summed E-state index contributed by atoms with van der Waals surface area (Å²) >= 11 is 0. The summed E-state index contributed by atoms with van der Waals surface area (Å²) in [7, 11) is 0. The minimum absolute atomic E-state index is 0.178. The molecule has 1 unspecified atom stereocenters. The molecule has 1 aromatic heterocycles. The van der Waals surface area contributed by atoms with Crippen molar-refractivity contribution in [3.63, 3.8) is 0 Å². The number of guanidine groups is 1. The maximum atomic E-state index is 12.8. The largest absolute Gasteiger partial charge is 0.486 e. The standard InChI is InChI=1S/C21H19N5O3/c1-13-11-18(27)26-19(14-7-8-16-17(12-14)29-10-9-28-16)24-20(25-21(26)22-13)23-15-5-3-2-4-6-15/h2-8,11-12,19H,9-10H2,1H3,(H2,22,23,24,25). The molecule has 5 rings (SSSR count). The Balaban J connectivity index is 1.60. The lowest BCUT2D eigenvalue weighted by atomic mass is 10.1. The fourth-order valence-electron chi connectivity index (χ4n) is 3.41. The number of hydrogen-bond donors (Lipinski definition) is 2. The molecule has 0 spiro atoms. The highest BCUT2D eigenvalue weighted by Gasteiger charge is 2.26. The van der Waals surface area contributed by atoms with Crippen molar-refractivity contribution in [3.05, 3.63) is 76.2 Å². The van der Waals surface area contributed by atoms with Crippen molar-refractivity contribution in [2.24, 2.45) is 4.99 Å². The summed E-state index contributed by atoms with van der Waals surface area (Å²) in [4.78, 5) is 22.0. The average Bonchev–Trinajstić information content (AvgIpc) is 2.73. The Hall–Kier alpha value is -3.81. The first-order valence-corrected chi connectivity index (χ1v) is 9.34. The van der Waals surface area contributed by atoms with Gasteiger partial charge in [-0.2, -0.15) is 0 Å². The number of anilines is 2. The summed E-state index contributed by atoms with van der Waals surface area (Å²) in [6.45, 7) is 2.80. The zero-order chi connectivity index (χ0) is 19.8. The highest BCUT2D eigenvalue weighted by Crippen LogP contribution is 2.35. The Labute approximate surface area is 166 Å². The van der Waals surface area contributed by atoms with Crippen LogP contribution in [-0.4, -0.2) is 28.7 Å². The Morgan fingerprint density at radius 1 is 1.07 bits per heavy atom. The summed E-state index contributed by atoms with van der Waals surface area (Å²) in [5.41, 5.74) is 2.14. The van der Waals surface area contributed by atoms with Gasteiger partial charge in [-0.1, -0.05) is 24.3 Å². The molecule has 8 nitrogen and oxygen atoms in total. The lowest BCUT2D eigenvalue weighted by Gasteiger charge is -2.28. The molecular weight excluding hydrogens is 370 g/mol. The molecule has 2 aliphatic heterocycles. The molecule has 0 amide bonds. The Morgan fingerprint density at radius 3 is 2.69 bits per heavy atom. The molecule has 0 aliphatic carbocycles. The van der Waals surface area contributed by atoms with E-state index < -0.39 is 6.17 Å². The summed E-state index contributed by atoms with van der Waals surface area (Å²) in [5, 5.41) is 6.37. The van der Waals surface area contributed by atoms with Crippen LogP contribution in [0.4, 0.5) is 11.6 Å². The average molecular weight is 389 g/mol. The van der Waals surface area contributed by atoms with E-state index in [2.05, 4.69) is 15.6 Å². The third-order valence-electron chi connectivity index (χ3n) is 4.71. The second-order valence-corrected chi connectivity index (χ2v) is 6.80. The van der Waals surface area contributed by atoms with Gasteiger partial charge in [0.1, 0.15) is 13.2 Å². The fourth-order valence-corrected chi connectivity index (χ4v) is 3.41. The van der Waals surface area contributed by atoms with Crippen LogP contribution >= 0.6 is 0 Å². The van der Waals surface area contributed by atoms with Crippen molar-refractivity contribution in [3.8, 4) is 11.5 Å². The van der Waals surface area contributed by atoms with Crippen molar-refractivity contribution in [2.45, 2.75) is 13.1 Å². The summed E-state index contributed by atoms with van der Waals surface area (Å²) in [6, 6.07) is 16.8. The third kappa shape index (κ3) is 3.29.